The SMILES string of the molecule is CC(=O)Oc1ccccc1C=CCCCCBr. The fourth-order valence-electron chi connectivity index (χ4n) is 1.43. The quantitative estimate of drug-likeness (QED) is 0.340. The van der Waals surface area contributed by atoms with E-state index >= 15 is 0 Å². The first-order valence-electron chi connectivity index (χ1n) is 5.74. The van der Waals surface area contributed by atoms with Gasteiger partial charge in [0.15, 0.2) is 0 Å². The number of alkyl halides is 1. The van der Waals surface area contributed by atoms with E-state index in [0.29, 0.717) is 5.75 Å². The van der Waals surface area contributed by atoms with Gasteiger partial charge in [-0.25, -0.2) is 0 Å². The summed E-state index contributed by atoms with van der Waals surface area (Å²) in [6, 6.07) is 7.55. The Hall–Kier alpha value is -1.09. The Morgan fingerprint density at radius 3 is 2.82 bits per heavy atom. The molecule has 1 aromatic rings. The van der Waals surface area contributed by atoms with Crippen molar-refractivity contribution in [3.8, 4) is 5.75 Å². The van der Waals surface area contributed by atoms with Crippen molar-refractivity contribution >= 4 is 28.0 Å². The van der Waals surface area contributed by atoms with E-state index in [1.807, 2.05) is 24.3 Å². The van der Waals surface area contributed by atoms with Gasteiger partial charge in [0.2, 0.25) is 0 Å². The van der Waals surface area contributed by atoms with Crippen LogP contribution in [0.4, 0.5) is 0 Å². The summed E-state index contributed by atoms with van der Waals surface area (Å²) in [5.74, 6) is 0.335. The van der Waals surface area contributed by atoms with Crippen LogP contribution in [0, 0.1) is 0 Å². The van der Waals surface area contributed by atoms with E-state index in [4.69, 9.17) is 4.74 Å². The molecule has 0 aromatic heterocycles. The van der Waals surface area contributed by atoms with Crippen molar-refractivity contribution in [2.24, 2.45) is 0 Å². The Kier molecular flexibility index (Phi) is 6.63. The third-order valence-corrected chi connectivity index (χ3v) is 2.79. The third kappa shape index (κ3) is 5.68. The van der Waals surface area contributed by atoms with Crippen LogP contribution in [0.15, 0.2) is 30.3 Å². The van der Waals surface area contributed by atoms with E-state index in [1.54, 1.807) is 6.07 Å². The zero-order valence-electron chi connectivity index (χ0n) is 9.99. The van der Waals surface area contributed by atoms with Crippen molar-refractivity contribution in [2.45, 2.75) is 26.2 Å². The highest BCUT2D eigenvalue weighted by Gasteiger charge is 2.01. The molecule has 0 aliphatic heterocycles. The molecule has 1 aromatic carbocycles. The van der Waals surface area contributed by atoms with Crippen LogP contribution in [0.3, 0.4) is 0 Å². The smallest absolute Gasteiger partial charge is 0.308 e. The Morgan fingerprint density at radius 1 is 1.35 bits per heavy atom. The zero-order chi connectivity index (χ0) is 12.5. The monoisotopic (exact) mass is 296 g/mol. The van der Waals surface area contributed by atoms with Crippen molar-refractivity contribution in [3.05, 3.63) is 35.9 Å². The van der Waals surface area contributed by atoms with Crippen LogP contribution in [-0.2, 0) is 4.79 Å². The van der Waals surface area contributed by atoms with Crippen molar-refractivity contribution in [3.63, 3.8) is 0 Å². The number of benzene rings is 1. The van der Waals surface area contributed by atoms with Gasteiger partial charge in [0, 0.05) is 17.8 Å². The van der Waals surface area contributed by atoms with Crippen LogP contribution >= 0.6 is 15.9 Å². The first kappa shape index (κ1) is 14.0. The van der Waals surface area contributed by atoms with Crippen molar-refractivity contribution in [1.29, 1.82) is 0 Å². The maximum absolute atomic E-state index is 10.9. The van der Waals surface area contributed by atoms with Crippen molar-refractivity contribution in [2.75, 3.05) is 5.33 Å². The molecule has 0 amide bonds. The minimum absolute atomic E-state index is 0.287. The molecule has 2 nitrogen and oxygen atoms in total. The van der Waals surface area contributed by atoms with Gasteiger partial charge >= 0.3 is 5.97 Å². The van der Waals surface area contributed by atoms with E-state index in [0.717, 1.165) is 23.7 Å². The van der Waals surface area contributed by atoms with Gasteiger partial charge < -0.3 is 4.74 Å². The number of ether oxygens (including phenoxy) is 1. The van der Waals surface area contributed by atoms with Gasteiger partial charge in [-0.2, -0.15) is 0 Å². The molecule has 0 atom stereocenters. The van der Waals surface area contributed by atoms with Gasteiger partial charge in [-0.1, -0.05) is 46.3 Å². The number of carbonyl (C=O) groups is 1. The van der Waals surface area contributed by atoms with Gasteiger partial charge in [0.05, 0.1) is 0 Å². The van der Waals surface area contributed by atoms with Crippen molar-refractivity contribution in [1.82, 2.24) is 0 Å². The van der Waals surface area contributed by atoms with Crippen LogP contribution in [-0.4, -0.2) is 11.3 Å². The van der Waals surface area contributed by atoms with Crippen LogP contribution in [0.2, 0.25) is 0 Å². The van der Waals surface area contributed by atoms with E-state index in [9.17, 15) is 4.79 Å². The first-order valence-corrected chi connectivity index (χ1v) is 6.86. The standard InChI is InChI=1S/C14H17BrO2/c1-12(16)17-14-10-6-5-9-13(14)8-4-2-3-7-11-15/h4-6,8-10H,2-3,7,11H2,1H3. The number of rotatable bonds is 6. The van der Waals surface area contributed by atoms with Gasteiger partial charge in [-0.3, -0.25) is 4.79 Å². The van der Waals surface area contributed by atoms with Gasteiger partial charge in [-0.05, 0) is 25.3 Å². The van der Waals surface area contributed by atoms with Crippen LogP contribution in [0.5, 0.6) is 5.75 Å². The molecule has 0 spiro atoms. The van der Waals surface area contributed by atoms with Crippen LogP contribution in [0.25, 0.3) is 6.08 Å². The number of hydrogen-bond acceptors (Lipinski definition) is 2. The Morgan fingerprint density at radius 2 is 2.12 bits per heavy atom. The van der Waals surface area contributed by atoms with E-state index < -0.39 is 0 Å². The number of esters is 1. The summed E-state index contributed by atoms with van der Waals surface area (Å²) in [5.41, 5.74) is 0.946. The molecule has 0 bridgehead atoms. The van der Waals surface area contributed by atoms with Gasteiger partial charge in [-0.15, -0.1) is 0 Å². The topological polar surface area (TPSA) is 26.3 Å². The number of carbonyl (C=O) groups excluding carboxylic acids is 1. The highest BCUT2D eigenvalue weighted by molar-refractivity contribution is 9.09. The molecule has 1 rings (SSSR count). The lowest BCUT2D eigenvalue weighted by Crippen LogP contribution is -2.02. The van der Waals surface area contributed by atoms with E-state index in [1.165, 1.54) is 13.3 Å². The summed E-state index contributed by atoms with van der Waals surface area (Å²) in [6.45, 7) is 1.41. The summed E-state index contributed by atoms with van der Waals surface area (Å²) in [5, 5.41) is 1.05. The fourth-order valence-corrected chi connectivity index (χ4v) is 1.83. The minimum Gasteiger partial charge on any atom is -0.426 e. The molecule has 17 heavy (non-hydrogen) atoms. The normalized spacial score (nSPS) is 10.7. The molecular formula is C14H17BrO2. The van der Waals surface area contributed by atoms with Gasteiger partial charge in [0.1, 0.15) is 5.75 Å². The van der Waals surface area contributed by atoms with Crippen LogP contribution < -0.4 is 4.74 Å². The molecule has 0 saturated carbocycles. The molecule has 0 radical (unpaired) electrons. The fraction of sp³-hybridized carbons (Fsp3) is 0.357. The van der Waals surface area contributed by atoms with E-state index in [2.05, 4.69) is 22.0 Å². The Labute approximate surface area is 111 Å². The molecule has 0 aliphatic carbocycles. The third-order valence-electron chi connectivity index (χ3n) is 2.22. The number of hydrogen-bond donors (Lipinski definition) is 0. The molecule has 0 unspecified atom stereocenters. The Balaban J connectivity index is 2.59. The number of allylic oxidation sites excluding steroid dienone is 1. The predicted molar refractivity (Wildman–Crippen MR) is 74.4 cm³/mol. The summed E-state index contributed by atoms with van der Waals surface area (Å²) in [7, 11) is 0. The first-order chi connectivity index (χ1) is 8.24. The Bertz CT molecular complexity index is 386. The molecule has 3 heteroatoms. The molecule has 0 N–H and O–H groups in total. The second kappa shape index (κ2) is 8.07. The maximum atomic E-state index is 10.9. The second-order valence-corrected chi connectivity index (χ2v) is 4.51. The lowest BCUT2D eigenvalue weighted by atomic mass is 10.1. The van der Waals surface area contributed by atoms with E-state index in [-0.39, 0.29) is 5.97 Å². The maximum Gasteiger partial charge on any atom is 0.308 e. The molecule has 0 heterocycles. The summed E-state index contributed by atoms with van der Waals surface area (Å²) < 4.78 is 5.13. The number of para-hydroxylation sites is 1. The van der Waals surface area contributed by atoms with Crippen molar-refractivity contribution < 1.29 is 9.53 Å². The average Bonchev–Trinajstić information content (AvgIpc) is 2.30. The summed E-state index contributed by atoms with van der Waals surface area (Å²) >= 11 is 3.40. The molecule has 0 aliphatic rings. The molecule has 0 saturated heterocycles. The highest BCUT2D eigenvalue weighted by atomic mass is 79.9. The van der Waals surface area contributed by atoms with Crippen LogP contribution in [0.1, 0.15) is 31.7 Å². The summed E-state index contributed by atoms with van der Waals surface area (Å²) in [6.07, 6.45) is 7.50. The lowest BCUT2D eigenvalue weighted by Gasteiger charge is -2.04. The van der Waals surface area contributed by atoms with Gasteiger partial charge in [0.25, 0.3) is 0 Å². The minimum atomic E-state index is -0.287. The zero-order valence-corrected chi connectivity index (χ0v) is 11.6. The number of unbranched alkanes of at least 4 members (excludes halogenated alkanes) is 2. The molecular weight excluding hydrogens is 280 g/mol. The average molecular weight is 297 g/mol. The molecule has 92 valence electrons. The second-order valence-electron chi connectivity index (χ2n) is 3.72. The number of halogens is 1. The molecule has 0 fully saturated rings. The summed E-state index contributed by atoms with van der Waals surface area (Å²) in [4.78, 5) is 10.9. The predicted octanol–water partition coefficient (Wildman–Crippen LogP) is 4.19. The lowest BCUT2D eigenvalue weighted by molar-refractivity contribution is -0.131. The highest BCUT2D eigenvalue weighted by Crippen LogP contribution is 2.20. The largest absolute Gasteiger partial charge is 0.426 e.